The Morgan fingerprint density at radius 2 is 1.95 bits per heavy atom. The van der Waals surface area contributed by atoms with Crippen LogP contribution in [0.3, 0.4) is 0 Å². The summed E-state index contributed by atoms with van der Waals surface area (Å²) in [6.07, 6.45) is 4.49. The Morgan fingerprint density at radius 3 is 2.37 bits per heavy atom. The van der Waals surface area contributed by atoms with Crippen LogP contribution in [0.15, 0.2) is 24.3 Å². The van der Waals surface area contributed by atoms with Gasteiger partial charge in [-0.25, -0.2) is 4.39 Å². The zero-order valence-corrected chi connectivity index (χ0v) is 11.8. The third kappa shape index (κ3) is 2.82. The van der Waals surface area contributed by atoms with E-state index in [4.69, 9.17) is 5.73 Å². The number of benzene rings is 1. The van der Waals surface area contributed by atoms with E-state index in [2.05, 4.69) is 0 Å². The summed E-state index contributed by atoms with van der Waals surface area (Å²) < 4.78 is 13.1. The lowest BCUT2D eigenvalue weighted by Gasteiger charge is -2.48. The molecule has 1 fully saturated rings. The van der Waals surface area contributed by atoms with Gasteiger partial charge in [0.05, 0.1) is 5.60 Å². The molecule has 0 aliphatic heterocycles. The molecule has 2 atom stereocenters. The van der Waals surface area contributed by atoms with Gasteiger partial charge in [0.25, 0.3) is 0 Å². The van der Waals surface area contributed by atoms with Crippen molar-refractivity contribution in [3.63, 3.8) is 0 Å². The number of halogens is 1. The van der Waals surface area contributed by atoms with Crippen LogP contribution in [0.4, 0.5) is 4.39 Å². The van der Waals surface area contributed by atoms with Crippen molar-refractivity contribution < 1.29 is 9.50 Å². The fraction of sp³-hybridized carbons (Fsp3) is 0.625. The van der Waals surface area contributed by atoms with Crippen molar-refractivity contribution in [2.24, 2.45) is 5.73 Å². The molecule has 0 radical (unpaired) electrons. The van der Waals surface area contributed by atoms with Gasteiger partial charge in [0.2, 0.25) is 0 Å². The molecule has 1 saturated carbocycles. The monoisotopic (exact) mass is 265 g/mol. The Balaban J connectivity index is 2.20. The highest BCUT2D eigenvalue weighted by molar-refractivity contribution is 5.31. The molecule has 3 N–H and O–H groups in total. The molecule has 1 aromatic rings. The number of rotatable bonds is 5. The maximum Gasteiger partial charge on any atom is 0.123 e. The number of aliphatic hydroxyl groups is 1. The van der Waals surface area contributed by atoms with Gasteiger partial charge in [-0.05, 0) is 50.3 Å². The van der Waals surface area contributed by atoms with E-state index in [0.29, 0.717) is 12.8 Å². The van der Waals surface area contributed by atoms with Gasteiger partial charge in [0.1, 0.15) is 5.82 Å². The molecule has 0 saturated heterocycles. The standard InChI is InChI=1S/C16H24FNO/c1-3-15(2,19)11-14(18)16(9-4-10-16)12-5-7-13(17)8-6-12/h5-8,14,19H,3-4,9-11,18H2,1-2H3. The second kappa shape index (κ2) is 5.22. The average Bonchev–Trinajstić information content (AvgIpc) is 2.29. The number of hydrogen-bond donors (Lipinski definition) is 2. The van der Waals surface area contributed by atoms with Crippen molar-refractivity contribution in [2.75, 3.05) is 0 Å². The Kier molecular flexibility index (Phi) is 3.98. The molecule has 2 rings (SSSR count). The van der Waals surface area contributed by atoms with Crippen molar-refractivity contribution in [3.8, 4) is 0 Å². The van der Waals surface area contributed by atoms with Crippen LogP contribution in [0.2, 0.25) is 0 Å². The van der Waals surface area contributed by atoms with E-state index in [0.717, 1.165) is 24.8 Å². The van der Waals surface area contributed by atoms with Crippen LogP contribution in [0, 0.1) is 5.82 Å². The van der Waals surface area contributed by atoms with Gasteiger partial charge < -0.3 is 10.8 Å². The van der Waals surface area contributed by atoms with Crippen LogP contribution in [0.1, 0.15) is 51.5 Å². The summed E-state index contributed by atoms with van der Waals surface area (Å²) in [6, 6.07) is 6.60. The van der Waals surface area contributed by atoms with Crippen LogP contribution in [-0.2, 0) is 5.41 Å². The first-order valence-electron chi connectivity index (χ1n) is 7.14. The molecule has 0 amide bonds. The van der Waals surface area contributed by atoms with Crippen molar-refractivity contribution in [1.29, 1.82) is 0 Å². The second-order valence-corrected chi connectivity index (χ2v) is 6.18. The first kappa shape index (κ1) is 14.5. The fourth-order valence-corrected chi connectivity index (χ4v) is 3.03. The van der Waals surface area contributed by atoms with E-state index in [-0.39, 0.29) is 17.3 Å². The summed E-state index contributed by atoms with van der Waals surface area (Å²) in [5.74, 6) is -0.215. The Morgan fingerprint density at radius 1 is 1.37 bits per heavy atom. The van der Waals surface area contributed by atoms with Gasteiger partial charge in [-0.1, -0.05) is 25.5 Å². The highest BCUT2D eigenvalue weighted by Gasteiger charge is 2.45. The van der Waals surface area contributed by atoms with Gasteiger partial charge in [0, 0.05) is 11.5 Å². The molecule has 0 heterocycles. The van der Waals surface area contributed by atoms with E-state index in [1.165, 1.54) is 12.1 Å². The second-order valence-electron chi connectivity index (χ2n) is 6.18. The topological polar surface area (TPSA) is 46.2 Å². The van der Waals surface area contributed by atoms with Gasteiger partial charge in [0.15, 0.2) is 0 Å². The third-order valence-corrected chi connectivity index (χ3v) is 4.80. The fourth-order valence-electron chi connectivity index (χ4n) is 3.03. The first-order chi connectivity index (χ1) is 8.89. The summed E-state index contributed by atoms with van der Waals surface area (Å²) >= 11 is 0. The minimum absolute atomic E-state index is 0.0765. The van der Waals surface area contributed by atoms with Crippen LogP contribution in [0.5, 0.6) is 0 Å². The third-order valence-electron chi connectivity index (χ3n) is 4.80. The molecule has 1 aliphatic rings. The Bertz CT molecular complexity index is 423. The zero-order chi connectivity index (χ0) is 14.1. The highest BCUT2D eigenvalue weighted by Crippen LogP contribution is 2.47. The summed E-state index contributed by atoms with van der Waals surface area (Å²) in [4.78, 5) is 0. The van der Waals surface area contributed by atoms with Crippen LogP contribution >= 0.6 is 0 Å². The molecule has 1 aromatic carbocycles. The summed E-state index contributed by atoms with van der Waals surface area (Å²) in [5, 5.41) is 10.2. The van der Waals surface area contributed by atoms with Crippen molar-refractivity contribution in [3.05, 3.63) is 35.6 Å². The molecular formula is C16H24FNO. The van der Waals surface area contributed by atoms with Gasteiger partial charge in [-0.3, -0.25) is 0 Å². The summed E-state index contributed by atoms with van der Waals surface area (Å²) in [5.41, 5.74) is 6.71. The van der Waals surface area contributed by atoms with Gasteiger partial charge >= 0.3 is 0 Å². The van der Waals surface area contributed by atoms with Gasteiger partial charge in [-0.2, -0.15) is 0 Å². The minimum atomic E-state index is -0.720. The largest absolute Gasteiger partial charge is 0.390 e. The molecule has 106 valence electrons. The SMILES string of the molecule is CCC(C)(O)CC(N)C1(c2ccc(F)cc2)CCC1. The predicted octanol–water partition coefficient (Wildman–Crippen LogP) is 3.13. The normalized spacial score (nSPS) is 22.4. The molecule has 0 aromatic heterocycles. The molecule has 1 aliphatic carbocycles. The first-order valence-corrected chi connectivity index (χ1v) is 7.14. The average molecular weight is 265 g/mol. The number of hydrogen-bond acceptors (Lipinski definition) is 2. The zero-order valence-electron chi connectivity index (χ0n) is 11.8. The van der Waals surface area contributed by atoms with Crippen molar-refractivity contribution in [2.45, 2.75) is 63.0 Å². The number of nitrogens with two attached hydrogens (primary N) is 1. The van der Waals surface area contributed by atoms with Crippen LogP contribution < -0.4 is 5.73 Å². The van der Waals surface area contributed by atoms with E-state index in [9.17, 15) is 9.50 Å². The lowest BCUT2D eigenvalue weighted by molar-refractivity contribution is 0.0213. The van der Waals surface area contributed by atoms with Crippen molar-refractivity contribution >= 4 is 0 Å². The van der Waals surface area contributed by atoms with Crippen LogP contribution in [-0.4, -0.2) is 16.7 Å². The highest BCUT2D eigenvalue weighted by atomic mass is 19.1. The van der Waals surface area contributed by atoms with Gasteiger partial charge in [-0.15, -0.1) is 0 Å². The minimum Gasteiger partial charge on any atom is -0.390 e. The van der Waals surface area contributed by atoms with E-state index < -0.39 is 5.60 Å². The maximum atomic E-state index is 13.1. The molecule has 19 heavy (non-hydrogen) atoms. The molecule has 2 nitrogen and oxygen atoms in total. The van der Waals surface area contributed by atoms with E-state index in [1.807, 2.05) is 26.0 Å². The molecule has 0 bridgehead atoms. The maximum absolute atomic E-state index is 13.1. The Labute approximate surface area is 114 Å². The Hall–Kier alpha value is -0.930. The molecular weight excluding hydrogens is 241 g/mol. The predicted molar refractivity (Wildman–Crippen MR) is 75.4 cm³/mol. The quantitative estimate of drug-likeness (QED) is 0.859. The lowest BCUT2D eigenvalue weighted by Crippen LogP contribution is -2.53. The summed E-state index contributed by atoms with van der Waals surface area (Å²) in [6.45, 7) is 3.81. The smallest absolute Gasteiger partial charge is 0.123 e. The summed E-state index contributed by atoms with van der Waals surface area (Å²) in [7, 11) is 0. The van der Waals surface area contributed by atoms with Crippen molar-refractivity contribution in [1.82, 2.24) is 0 Å². The van der Waals surface area contributed by atoms with Crippen LogP contribution in [0.25, 0.3) is 0 Å². The molecule has 0 spiro atoms. The lowest BCUT2D eigenvalue weighted by atomic mass is 9.58. The van der Waals surface area contributed by atoms with E-state index >= 15 is 0 Å². The molecule has 2 unspecified atom stereocenters. The van der Waals surface area contributed by atoms with E-state index in [1.54, 1.807) is 0 Å². The molecule has 3 heteroatoms.